The van der Waals surface area contributed by atoms with Gasteiger partial charge in [-0.15, -0.1) is 0 Å². The predicted molar refractivity (Wildman–Crippen MR) is 242 cm³/mol. The average molecular weight is 797 g/mol. The highest BCUT2D eigenvalue weighted by atomic mass is 16.6. The van der Waals surface area contributed by atoms with Crippen LogP contribution in [0, 0.1) is 0 Å². The highest BCUT2D eigenvalue weighted by Crippen LogP contribution is 2.12. The maximum Gasteiger partial charge on any atom is 0.306 e. The van der Waals surface area contributed by atoms with E-state index in [1.54, 1.807) is 0 Å². The van der Waals surface area contributed by atoms with Gasteiger partial charge in [0.05, 0.1) is 0 Å². The quantitative estimate of drug-likeness (QED) is 0.0265. The van der Waals surface area contributed by atoms with Gasteiger partial charge in [-0.3, -0.25) is 14.4 Å². The van der Waals surface area contributed by atoms with E-state index < -0.39 is 6.10 Å². The minimum atomic E-state index is -0.804. The molecule has 0 aromatic carbocycles. The lowest BCUT2D eigenvalue weighted by Gasteiger charge is -2.18. The Morgan fingerprint density at radius 3 is 1.11 bits per heavy atom. The van der Waals surface area contributed by atoms with Gasteiger partial charge < -0.3 is 14.2 Å². The summed E-state index contributed by atoms with van der Waals surface area (Å²) >= 11 is 0. The van der Waals surface area contributed by atoms with E-state index in [0.29, 0.717) is 19.3 Å². The van der Waals surface area contributed by atoms with E-state index in [4.69, 9.17) is 14.2 Å². The third kappa shape index (κ3) is 44.1. The number of rotatable bonds is 42. The van der Waals surface area contributed by atoms with Crippen LogP contribution in [0.2, 0.25) is 0 Å². The van der Waals surface area contributed by atoms with Gasteiger partial charge >= 0.3 is 17.9 Å². The zero-order valence-corrected chi connectivity index (χ0v) is 37.3. The Labute approximate surface area is 351 Å². The molecule has 0 aliphatic rings. The monoisotopic (exact) mass is 797 g/mol. The lowest BCUT2D eigenvalue weighted by molar-refractivity contribution is -0.167. The van der Waals surface area contributed by atoms with E-state index in [2.05, 4.69) is 81.5 Å². The summed E-state index contributed by atoms with van der Waals surface area (Å²) in [6.45, 7) is 6.48. The van der Waals surface area contributed by atoms with Crippen LogP contribution in [0.15, 0.2) is 60.8 Å². The Balaban J connectivity index is 4.47. The Morgan fingerprint density at radius 2 is 0.667 bits per heavy atom. The molecule has 57 heavy (non-hydrogen) atoms. The molecule has 0 fully saturated rings. The van der Waals surface area contributed by atoms with Crippen molar-refractivity contribution in [2.24, 2.45) is 0 Å². The molecule has 0 atom stereocenters. The number of esters is 3. The van der Waals surface area contributed by atoms with Gasteiger partial charge in [-0.1, -0.05) is 178 Å². The number of hydrogen-bond donors (Lipinski definition) is 0. The van der Waals surface area contributed by atoms with Crippen LogP contribution in [0.4, 0.5) is 0 Å². The summed E-state index contributed by atoms with van der Waals surface area (Å²) in [5.41, 5.74) is 0. The Bertz CT molecular complexity index is 1010. The molecule has 0 radical (unpaired) electrons. The first-order valence-corrected chi connectivity index (χ1v) is 23.8. The normalized spacial score (nSPS) is 12.1. The van der Waals surface area contributed by atoms with Gasteiger partial charge in [-0.25, -0.2) is 0 Å². The summed E-state index contributed by atoms with van der Waals surface area (Å²) in [7, 11) is 0. The maximum atomic E-state index is 12.7. The van der Waals surface area contributed by atoms with Crippen molar-refractivity contribution in [1.29, 1.82) is 0 Å². The van der Waals surface area contributed by atoms with Gasteiger partial charge in [0, 0.05) is 19.3 Å². The number of ether oxygens (including phenoxy) is 3. The first-order chi connectivity index (χ1) is 28.0. The molecule has 0 heterocycles. The molecule has 0 saturated heterocycles. The van der Waals surface area contributed by atoms with E-state index in [1.165, 1.54) is 96.3 Å². The molecule has 328 valence electrons. The van der Waals surface area contributed by atoms with E-state index in [9.17, 15) is 14.4 Å². The van der Waals surface area contributed by atoms with Gasteiger partial charge in [-0.05, 0) is 89.9 Å². The lowest BCUT2D eigenvalue weighted by Crippen LogP contribution is -2.30. The van der Waals surface area contributed by atoms with E-state index in [0.717, 1.165) is 83.5 Å². The van der Waals surface area contributed by atoms with Crippen LogP contribution in [0.3, 0.4) is 0 Å². The van der Waals surface area contributed by atoms with Gasteiger partial charge in [0.15, 0.2) is 6.10 Å². The topological polar surface area (TPSA) is 78.9 Å². The van der Waals surface area contributed by atoms with Gasteiger partial charge in [0.25, 0.3) is 0 Å². The zero-order chi connectivity index (χ0) is 41.5. The summed E-state index contributed by atoms with van der Waals surface area (Å²) in [4.78, 5) is 37.7. The zero-order valence-electron chi connectivity index (χ0n) is 37.3. The van der Waals surface area contributed by atoms with Crippen molar-refractivity contribution >= 4 is 17.9 Å². The first-order valence-electron chi connectivity index (χ1n) is 23.8. The van der Waals surface area contributed by atoms with Crippen molar-refractivity contribution in [1.82, 2.24) is 0 Å². The standard InChI is InChI=1S/C51H88O6/c1-4-7-10-13-16-19-22-23-24-25-26-27-30-33-36-39-42-45-51(54)57-48(46-55-49(52)43-40-37-34-31-28-20-17-14-11-8-5-2)47-56-50(53)44-41-38-35-32-29-21-18-15-12-9-6-3/h14-15,17-18,23-24,26-27,33,36,48H,4-13,16,19-22,25,28-32,34-35,37-47H2,1-3H3/b17-14-,18-15-,24-23-,27-26-,36-33-. The highest BCUT2D eigenvalue weighted by Gasteiger charge is 2.19. The van der Waals surface area contributed by atoms with Gasteiger partial charge in [0.2, 0.25) is 0 Å². The van der Waals surface area contributed by atoms with Crippen molar-refractivity contribution in [2.45, 2.75) is 232 Å². The molecule has 0 aromatic rings. The largest absolute Gasteiger partial charge is 0.462 e. The molecule has 0 aromatic heterocycles. The SMILES string of the molecule is CCCC/C=C\CCCCCCCC(=O)OCC(COC(=O)CCCCCCC/C=C\CCCC)OC(=O)CCC/C=C\C/C=C\C/C=C\CCCCCCCC. The number of allylic oxidation sites excluding steroid dienone is 10. The minimum Gasteiger partial charge on any atom is -0.462 e. The number of carbonyl (C=O) groups excluding carboxylic acids is 3. The van der Waals surface area contributed by atoms with Crippen LogP contribution in [0.25, 0.3) is 0 Å². The molecular weight excluding hydrogens is 709 g/mol. The fourth-order valence-electron chi connectivity index (χ4n) is 6.30. The third-order valence-corrected chi connectivity index (χ3v) is 9.96. The molecule has 0 spiro atoms. The van der Waals surface area contributed by atoms with Crippen molar-refractivity contribution < 1.29 is 28.6 Å². The second kappa shape index (κ2) is 45.8. The average Bonchev–Trinajstić information content (AvgIpc) is 3.21. The van der Waals surface area contributed by atoms with Crippen molar-refractivity contribution in [2.75, 3.05) is 13.2 Å². The Hall–Kier alpha value is -2.89. The Morgan fingerprint density at radius 1 is 0.351 bits per heavy atom. The summed E-state index contributed by atoms with van der Waals surface area (Å²) in [5.74, 6) is -0.976. The highest BCUT2D eigenvalue weighted by molar-refractivity contribution is 5.71. The van der Waals surface area contributed by atoms with Crippen molar-refractivity contribution in [3.63, 3.8) is 0 Å². The van der Waals surface area contributed by atoms with E-state index >= 15 is 0 Å². The molecule has 0 N–H and O–H groups in total. The molecule has 0 unspecified atom stereocenters. The fourth-order valence-corrected chi connectivity index (χ4v) is 6.30. The third-order valence-electron chi connectivity index (χ3n) is 9.96. The van der Waals surface area contributed by atoms with Gasteiger partial charge in [0.1, 0.15) is 13.2 Å². The second-order valence-corrected chi connectivity index (χ2v) is 15.7. The summed E-state index contributed by atoms with van der Waals surface area (Å²) in [6.07, 6.45) is 54.9. The van der Waals surface area contributed by atoms with Crippen LogP contribution in [-0.2, 0) is 28.6 Å². The van der Waals surface area contributed by atoms with Crippen LogP contribution >= 0.6 is 0 Å². The van der Waals surface area contributed by atoms with E-state index in [-0.39, 0.29) is 37.5 Å². The molecular formula is C51H88O6. The molecule has 6 heteroatoms. The van der Waals surface area contributed by atoms with Crippen molar-refractivity contribution in [3.05, 3.63) is 60.8 Å². The lowest BCUT2D eigenvalue weighted by atomic mass is 10.1. The van der Waals surface area contributed by atoms with Crippen LogP contribution < -0.4 is 0 Å². The molecule has 0 saturated carbocycles. The number of carbonyl (C=O) groups is 3. The van der Waals surface area contributed by atoms with E-state index in [1.807, 2.05) is 0 Å². The molecule has 0 aliphatic heterocycles. The Kier molecular flexibility index (Phi) is 43.5. The molecule has 6 nitrogen and oxygen atoms in total. The molecule has 0 bridgehead atoms. The number of hydrogen-bond acceptors (Lipinski definition) is 6. The molecule has 0 aliphatic carbocycles. The minimum absolute atomic E-state index is 0.102. The number of unbranched alkanes of at least 4 members (excludes halogenated alkanes) is 21. The summed E-state index contributed by atoms with van der Waals surface area (Å²) in [5, 5.41) is 0. The van der Waals surface area contributed by atoms with Crippen molar-refractivity contribution in [3.8, 4) is 0 Å². The summed E-state index contributed by atoms with van der Waals surface area (Å²) < 4.78 is 16.7. The van der Waals surface area contributed by atoms with Gasteiger partial charge in [-0.2, -0.15) is 0 Å². The fraction of sp³-hybridized carbons (Fsp3) is 0.745. The first kappa shape index (κ1) is 54.1. The summed E-state index contributed by atoms with van der Waals surface area (Å²) in [6, 6.07) is 0. The van der Waals surface area contributed by atoms with Crippen LogP contribution in [-0.4, -0.2) is 37.2 Å². The molecule has 0 rings (SSSR count). The van der Waals surface area contributed by atoms with Crippen LogP contribution in [0.5, 0.6) is 0 Å². The maximum absolute atomic E-state index is 12.7. The second-order valence-electron chi connectivity index (χ2n) is 15.7. The molecule has 0 amide bonds. The predicted octanol–water partition coefficient (Wildman–Crippen LogP) is 15.3. The van der Waals surface area contributed by atoms with Crippen LogP contribution in [0.1, 0.15) is 226 Å². The smallest absolute Gasteiger partial charge is 0.306 e.